The van der Waals surface area contributed by atoms with Crippen LogP contribution in [0.1, 0.15) is 420 Å². The molecule has 582 valence electrons. The zero-order valence-corrected chi connectivity index (χ0v) is 65.7. The highest BCUT2D eigenvalue weighted by molar-refractivity contribution is 7.47. The fraction of sp³-hybridized carbons (Fsp3) is 0.949. The van der Waals surface area contributed by atoms with Crippen LogP contribution in [0, 0.1) is 5.92 Å². The molecule has 0 aliphatic heterocycles. The number of carbonyl (C=O) groups is 4. The van der Waals surface area contributed by atoms with E-state index in [0.717, 1.165) is 95.8 Å². The molecule has 0 heterocycles. The second-order valence-corrected chi connectivity index (χ2v) is 31.8. The van der Waals surface area contributed by atoms with Crippen molar-refractivity contribution in [3.05, 3.63) is 0 Å². The maximum atomic E-state index is 13.1. The highest BCUT2D eigenvalue weighted by atomic mass is 31.2. The molecule has 0 aliphatic carbocycles. The fourth-order valence-corrected chi connectivity index (χ4v) is 13.8. The summed E-state index contributed by atoms with van der Waals surface area (Å²) in [6.07, 6.45) is 62.3. The first-order valence-corrected chi connectivity index (χ1v) is 44.1. The molecule has 0 aliphatic rings. The Morgan fingerprint density at radius 1 is 0.276 bits per heavy atom. The van der Waals surface area contributed by atoms with Gasteiger partial charge in [-0.3, -0.25) is 37.3 Å². The Morgan fingerprint density at radius 3 is 0.694 bits per heavy atom. The van der Waals surface area contributed by atoms with E-state index < -0.39 is 97.5 Å². The van der Waals surface area contributed by atoms with Gasteiger partial charge in [-0.15, -0.1) is 0 Å². The van der Waals surface area contributed by atoms with Crippen molar-refractivity contribution in [2.75, 3.05) is 39.6 Å². The number of esters is 4. The minimum absolute atomic E-state index is 0.109. The Balaban J connectivity index is 5.24. The van der Waals surface area contributed by atoms with Gasteiger partial charge in [0.1, 0.15) is 19.3 Å². The van der Waals surface area contributed by atoms with E-state index in [0.29, 0.717) is 25.7 Å². The van der Waals surface area contributed by atoms with Gasteiger partial charge in [0.2, 0.25) is 0 Å². The first kappa shape index (κ1) is 96.1. The Morgan fingerprint density at radius 2 is 0.469 bits per heavy atom. The molecule has 0 aromatic heterocycles. The Bertz CT molecular complexity index is 1870. The molecule has 0 rings (SSSR count). The van der Waals surface area contributed by atoms with Crippen molar-refractivity contribution in [3.8, 4) is 0 Å². The quantitative estimate of drug-likeness (QED) is 0.0222. The smallest absolute Gasteiger partial charge is 0.462 e. The molecule has 17 nitrogen and oxygen atoms in total. The van der Waals surface area contributed by atoms with E-state index in [1.807, 2.05) is 0 Å². The minimum Gasteiger partial charge on any atom is -0.462 e. The summed E-state index contributed by atoms with van der Waals surface area (Å²) in [6.45, 7) is 7.34. The normalized spacial score (nSPS) is 13.9. The predicted molar refractivity (Wildman–Crippen MR) is 400 cm³/mol. The van der Waals surface area contributed by atoms with Gasteiger partial charge in [0, 0.05) is 25.7 Å². The molecule has 0 saturated carbocycles. The van der Waals surface area contributed by atoms with Crippen LogP contribution in [0.25, 0.3) is 0 Å². The van der Waals surface area contributed by atoms with Gasteiger partial charge in [-0.25, -0.2) is 9.13 Å². The predicted octanol–water partition coefficient (Wildman–Crippen LogP) is 23.6. The standard InChI is InChI=1S/C79H154O17P2/c1-6-9-12-15-18-21-24-26-28-29-31-35-40-45-50-55-60-65-79(84)96-75(69-90-77(82)63-58-53-48-43-38-36-32-33-37-41-46-51-56-61-72(4)5)71-94-98(87,88)92-67-73(80)66-91-97(85,86)93-70-74(68-89-76(81)62-57-52-47-42-23-20-17-14-11-8-3)95-78(83)64-59-54-49-44-39-34-30-27-25-22-19-16-13-10-7-2/h72-75,80H,6-71H2,1-5H3,(H,85,86)(H,87,88)/t73-,74+,75+/m0/s1. The topological polar surface area (TPSA) is 237 Å². The van der Waals surface area contributed by atoms with Crippen molar-refractivity contribution in [2.24, 2.45) is 5.92 Å². The summed E-state index contributed by atoms with van der Waals surface area (Å²) in [4.78, 5) is 72.9. The molecule has 0 aromatic carbocycles. The fourth-order valence-electron chi connectivity index (χ4n) is 12.2. The summed E-state index contributed by atoms with van der Waals surface area (Å²) in [6, 6.07) is 0. The third-order valence-corrected chi connectivity index (χ3v) is 20.4. The number of hydrogen-bond donors (Lipinski definition) is 3. The summed E-state index contributed by atoms with van der Waals surface area (Å²) < 4.78 is 68.7. The molecule has 2 unspecified atom stereocenters. The van der Waals surface area contributed by atoms with E-state index in [2.05, 4.69) is 34.6 Å². The maximum Gasteiger partial charge on any atom is 0.472 e. The molecular formula is C79H154O17P2. The SMILES string of the molecule is CCCCCCCCCCCCCCCCCCCC(=O)O[C@H](COC(=O)CCCCCCCCCCCCCCCC(C)C)COP(=O)(O)OC[C@@H](O)COP(=O)(O)OC[C@@H](COC(=O)CCCCCCCCCCCC)OC(=O)CCCCCCCCCCCCCCCCC. The van der Waals surface area contributed by atoms with Crippen molar-refractivity contribution in [1.82, 2.24) is 0 Å². The van der Waals surface area contributed by atoms with Crippen LogP contribution in [0.15, 0.2) is 0 Å². The average molecular weight is 1440 g/mol. The summed E-state index contributed by atoms with van der Waals surface area (Å²) in [5, 5.41) is 10.6. The van der Waals surface area contributed by atoms with Crippen molar-refractivity contribution < 1.29 is 80.2 Å². The number of phosphoric ester groups is 2. The molecule has 0 radical (unpaired) electrons. The van der Waals surface area contributed by atoms with Gasteiger partial charge in [0.15, 0.2) is 12.2 Å². The molecule has 0 saturated heterocycles. The average Bonchev–Trinajstić information content (AvgIpc) is 1.10. The molecule has 0 amide bonds. The third kappa shape index (κ3) is 72.4. The van der Waals surface area contributed by atoms with E-state index in [9.17, 15) is 43.2 Å². The Labute approximate surface area is 600 Å². The van der Waals surface area contributed by atoms with Gasteiger partial charge < -0.3 is 33.8 Å². The van der Waals surface area contributed by atoms with E-state index >= 15 is 0 Å². The van der Waals surface area contributed by atoms with Gasteiger partial charge in [-0.05, 0) is 31.6 Å². The maximum absolute atomic E-state index is 13.1. The van der Waals surface area contributed by atoms with Crippen LogP contribution in [0.5, 0.6) is 0 Å². The van der Waals surface area contributed by atoms with E-state index in [1.165, 1.54) is 244 Å². The highest BCUT2D eigenvalue weighted by Gasteiger charge is 2.30. The van der Waals surface area contributed by atoms with E-state index in [1.54, 1.807) is 0 Å². The van der Waals surface area contributed by atoms with Crippen molar-refractivity contribution in [3.63, 3.8) is 0 Å². The van der Waals surface area contributed by atoms with E-state index in [4.69, 9.17) is 37.0 Å². The molecule has 0 fully saturated rings. The molecule has 0 aromatic rings. The summed E-state index contributed by atoms with van der Waals surface area (Å²) in [5.41, 5.74) is 0. The molecule has 0 spiro atoms. The zero-order valence-electron chi connectivity index (χ0n) is 63.9. The minimum atomic E-state index is -4.96. The lowest BCUT2D eigenvalue weighted by Gasteiger charge is -2.21. The third-order valence-electron chi connectivity index (χ3n) is 18.5. The summed E-state index contributed by atoms with van der Waals surface area (Å²) in [7, 11) is -9.91. The van der Waals surface area contributed by atoms with Gasteiger partial charge in [-0.1, -0.05) is 369 Å². The molecule has 5 atom stereocenters. The Kier molecular flexibility index (Phi) is 70.6. The first-order valence-electron chi connectivity index (χ1n) is 41.1. The van der Waals surface area contributed by atoms with Crippen LogP contribution < -0.4 is 0 Å². The van der Waals surface area contributed by atoms with Crippen LogP contribution in [0.3, 0.4) is 0 Å². The second-order valence-electron chi connectivity index (χ2n) is 28.9. The largest absolute Gasteiger partial charge is 0.472 e. The van der Waals surface area contributed by atoms with Crippen LogP contribution in [-0.4, -0.2) is 96.7 Å². The number of hydrogen-bond acceptors (Lipinski definition) is 15. The van der Waals surface area contributed by atoms with Crippen molar-refractivity contribution >= 4 is 39.5 Å². The molecule has 0 bridgehead atoms. The van der Waals surface area contributed by atoms with Gasteiger partial charge in [0.25, 0.3) is 0 Å². The van der Waals surface area contributed by atoms with Gasteiger partial charge in [-0.2, -0.15) is 0 Å². The lowest BCUT2D eigenvalue weighted by molar-refractivity contribution is -0.161. The lowest BCUT2D eigenvalue weighted by Crippen LogP contribution is -2.30. The Hall–Kier alpha value is -1.94. The number of ether oxygens (including phenoxy) is 4. The number of rotatable bonds is 79. The second kappa shape index (κ2) is 72.0. The number of aliphatic hydroxyl groups is 1. The summed E-state index contributed by atoms with van der Waals surface area (Å²) >= 11 is 0. The van der Waals surface area contributed by atoms with Crippen molar-refractivity contribution in [1.29, 1.82) is 0 Å². The lowest BCUT2D eigenvalue weighted by atomic mass is 10.0. The number of carbonyl (C=O) groups excluding carboxylic acids is 4. The number of aliphatic hydroxyl groups excluding tert-OH is 1. The molecule has 98 heavy (non-hydrogen) atoms. The van der Waals surface area contributed by atoms with Gasteiger partial charge >= 0.3 is 39.5 Å². The van der Waals surface area contributed by atoms with Crippen LogP contribution in [0.4, 0.5) is 0 Å². The molecular weight excluding hydrogens is 1280 g/mol. The van der Waals surface area contributed by atoms with Crippen LogP contribution >= 0.6 is 15.6 Å². The summed E-state index contributed by atoms with van der Waals surface area (Å²) in [5.74, 6) is -1.32. The first-order chi connectivity index (χ1) is 47.5. The van der Waals surface area contributed by atoms with E-state index in [-0.39, 0.29) is 25.7 Å². The molecule has 19 heteroatoms. The van der Waals surface area contributed by atoms with Crippen LogP contribution in [-0.2, 0) is 65.4 Å². The highest BCUT2D eigenvalue weighted by Crippen LogP contribution is 2.45. The number of phosphoric acid groups is 2. The number of unbranched alkanes of at least 4 members (excludes halogenated alkanes) is 51. The van der Waals surface area contributed by atoms with Gasteiger partial charge in [0.05, 0.1) is 26.4 Å². The zero-order chi connectivity index (χ0) is 71.9. The molecule has 3 N–H and O–H groups in total. The van der Waals surface area contributed by atoms with Crippen molar-refractivity contribution in [2.45, 2.75) is 438 Å². The monoisotopic (exact) mass is 1440 g/mol. The van der Waals surface area contributed by atoms with Crippen LogP contribution in [0.2, 0.25) is 0 Å².